The molecule has 14 heteroatoms. The van der Waals surface area contributed by atoms with Gasteiger partial charge in [0.05, 0.1) is 14.8 Å². The molecule has 70 heavy (non-hydrogen) atoms. The van der Waals surface area contributed by atoms with Gasteiger partial charge in [-0.15, -0.1) is 11.3 Å². The van der Waals surface area contributed by atoms with Crippen LogP contribution in [-0.4, -0.2) is 61.4 Å². The maximum atomic E-state index is 12.6. The molecule has 0 saturated heterocycles. The van der Waals surface area contributed by atoms with Gasteiger partial charge in [0, 0.05) is 58.1 Å². The highest BCUT2D eigenvalue weighted by Gasteiger charge is 2.25. The van der Waals surface area contributed by atoms with Gasteiger partial charge in [0.2, 0.25) is 0 Å². The fraction of sp³-hybridized carbons (Fsp3) is 0.554. The van der Waals surface area contributed by atoms with Crippen molar-refractivity contribution in [3.63, 3.8) is 0 Å². The molecule has 3 aromatic rings. The lowest BCUT2D eigenvalue weighted by Crippen LogP contribution is -2.11. The second kappa shape index (κ2) is 29.3. The van der Waals surface area contributed by atoms with E-state index in [-0.39, 0.29) is 79.6 Å². The van der Waals surface area contributed by atoms with Gasteiger partial charge in [0.1, 0.15) is 4.21 Å². The van der Waals surface area contributed by atoms with Gasteiger partial charge in [0.25, 0.3) is 0 Å². The molecule has 2 aromatic carbocycles. The molecule has 3 aliphatic rings. The number of halogens is 1. The Bertz CT molecular complexity index is 2610. The Morgan fingerprint density at radius 1 is 0.500 bits per heavy atom. The highest BCUT2D eigenvalue weighted by atomic mass is 35.5. The highest BCUT2D eigenvalue weighted by molar-refractivity contribution is 7.92. The first kappa shape index (κ1) is 66.5. The number of hydrogen-bond acceptors (Lipinski definition) is 10. The van der Waals surface area contributed by atoms with Gasteiger partial charge in [0.15, 0.2) is 46.9 Å². The van der Waals surface area contributed by atoms with E-state index in [0.717, 1.165) is 60.8 Å². The molecule has 3 aliphatic carbocycles. The molecule has 1 aromatic heterocycles. The van der Waals surface area contributed by atoms with Crippen LogP contribution < -0.4 is 0 Å². The first-order chi connectivity index (χ1) is 30.8. The predicted molar refractivity (Wildman–Crippen MR) is 298 cm³/mol. The van der Waals surface area contributed by atoms with Crippen LogP contribution in [0.5, 0.6) is 0 Å². The molecule has 1 heterocycles. The zero-order valence-electron chi connectivity index (χ0n) is 40.1. The zero-order chi connectivity index (χ0) is 49.1. The quantitative estimate of drug-likeness (QED) is 0.135. The van der Waals surface area contributed by atoms with Crippen molar-refractivity contribution in [2.45, 2.75) is 162 Å². The number of benzene rings is 2. The van der Waals surface area contributed by atoms with Crippen molar-refractivity contribution >= 4 is 86.5 Å². The summed E-state index contributed by atoms with van der Waals surface area (Å²) in [6, 6.07) is 14.8. The van der Waals surface area contributed by atoms with E-state index in [4.69, 9.17) is 11.6 Å². The van der Waals surface area contributed by atoms with Crippen molar-refractivity contribution in [3.05, 3.63) is 93.9 Å². The Morgan fingerprint density at radius 3 is 1.19 bits per heavy atom. The normalized spacial score (nSPS) is 16.3. The average molecular weight is 1070 g/mol. The summed E-state index contributed by atoms with van der Waals surface area (Å²) >= 11 is 7.34. The summed E-state index contributed by atoms with van der Waals surface area (Å²) < 4.78 is 70.1. The molecule has 6 rings (SSSR count). The first-order valence-corrected chi connectivity index (χ1v) is 30.0. The van der Waals surface area contributed by atoms with E-state index in [1.54, 1.807) is 48.5 Å². The minimum atomic E-state index is -3.37. The Kier molecular flexibility index (Phi) is 27.8. The van der Waals surface area contributed by atoms with Crippen LogP contribution >= 0.6 is 22.9 Å². The van der Waals surface area contributed by atoms with Crippen molar-refractivity contribution in [3.8, 4) is 0 Å². The van der Waals surface area contributed by atoms with Gasteiger partial charge in [-0.2, -0.15) is 0 Å². The van der Waals surface area contributed by atoms with Crippen LogP contribution in [0, 0.1) is 35.5 Å². The van der Waals surface area contributed by atoms with Gasteiger partial charge >= 0.3 is 0 Å². The van der Waals surface area contributed by atoms with Gasteiger partial charge in [-0.1, -0.05) is 158 Å². The number of thiophene rings is 1. The third kappa shape index (κ3) is 19.5. The zero-order valence-corrected chi connectivity index (χ0v) is 44.1. The minimum Gasteiger partial charge on any atom is -0.294 e. The Balaban J connectivity index is 0.000000993. The van der Waals surface area contributed by atoms with Crippen LogP contribution in [0.15, 0.2) is 86.8 Å². The van der Waals surface area contributed by atoms with Crippen molar-refractivity contribution in [1.29, 1.82) is 0 Å². The van der Waals surface area contributed by atoms with Crippen LogP contribution in [0.1, 0.15) is 164 Å². The molecule has 3 saturated carbocycles. The number of carbonyl (C=O) groups excluding carboxylic acids is 3. The summed E-state index contributed by atoms with van der Waals surface area (Å²) in [4.78, 5) is 38.8. The monoisotopic (exact) mass is 1060 g/mol. The first-order valence-electron chi connectivity index (χ1n) is 23.2. The Labute approximate surface area is 433 Å². The number of hydrogen-bond donors (Lipinski definition) is 0. The van der Waals surface area contributed by atoms with Crippen LogP contribution in [-0.2, 0) is 43.9 Å². The fourth-order valence-corrected chi connectivity index (χ4v) is 12.4. The topological polar surface area (TPSA) is 154 Å². The standard InChI is InChI=1S/C18H23ClO3S.C18H24O3S.C16H22O3S2.4CH4/c1-12(2)18(20)15(10-13-6-4-5-7-13)14-8-9-17(16(19)11-14)23(3,21)22;1-13(2)18(19)17(12-14-6-4-5-7-14)15-8-10-16(11-9-15)22(3,20)21;1-11(2)16(17)13(10-12-6-4-5-7-12)14-8-9-15(20-14)21(3,18)19;;;;/h8-13H,4-7H2,1-3H3;8-14H,4-7H2,1-3H3;8-12H,4-7H2,1-3H3;4*1H4/b15-10+;17-12+;13-10+;;;;. The molecule has 0 radical (unpaired) electrons. The van der Waals surface area contributed by atoms with Crippen LogP contribution in [0.2, 0.25) is 5.02 Å². The van der Waals surface area contributed by atoms with E-state index in [1.807, 2.05) is 41.5 Å². The molecule has 0 spiro atoms. The second-order valence-electron chi connectivity index (χ2n) is 19.0. The third-order valence-electron chi connectivity index (χ3n) is 12.2. The Morgan fingerprint density at radius 2 is 0.857 bits per heavy atom. The largest absolute Gasteiger partial charge is 0.294 e. The summed E-state index contributed by atoms with van der Waals surface area (Å²) in [5.41, 5.74) is 3.62. The van der Waals surface area contributed by atoms with Crippen molar-refractivity contribution in [2.24, 2.45) is 35.5 Å². The molecular weight excluding hydrogens is 980 g/mol. The van der Waals surface area contributed by atoms with E-state index in [0.29, 0.717) is 38.7 Å². The molecular formula is C56H85ClO9S4. The minimum absolute atomic E-state index is 0. The van der Waals surface area contributed by atoms with Gasteiger partial charge in [-0.25, -0.2) is 25.3 Å². The van der Waals surface area contributed by atoms with Gasteiger partial charge in [-0.05, 0) is 104 Å². The molecule has 394 valence electrons. The number of ketones is 3. The maximum Gasteiger partial charge on any atom is 0.184 e. The van der Waals surface area contributed by atoms with Crippen molar-refractivity contribution in [1.82, 2.24) is 0 Å². The van der Waals surface area contributed by atoms with Crippen LogP contribution in [0.25, 0.3) is 16.7 Å². The number of allylic oxidation sites excluding steroid dienone is 6. The smallest absolute Gasteiger partial charge is 0.184 e. The average Bonchev–Trinajstić information content (AvgIpc) is 4.09. The lowest BCUT2D eigenvalue weighted by atomic mass is 9.91. The fourth-order valence-electron chi connectivity index (χ4n) is 8.45. The summed E-state index contributed by atoms with van der Waals surface area (Å²) in [7, 11) is -9.79. The molecule has 0 amide bonds. The summed E-state index contributed by atoms with van der Waals surface area (Å²) in [5, 5.41) is 0.166. The van der Waals surface area contributed by atoms with Crippen LogP contribution in [0.4, 0.5) is 0 Å². The van der Waals surface area contributed by atoms with E-state index in [1.165, 1.54) is 68.4 Å². The molecule has 3 fully saturated rings. The molecule has 0 bridgehead atoms. The van der Waals surface area contributed by atoms with E-state index in [2.05, 4.69) is 18.2 Å². The molecule has 0 atom stereocenters. The van der Waals surface area contributed by atoms with Gasteiger partial charge < -0.3 is 0 Å². The lowest BCUT2D eigenvalue weighted by molar-refractivity contribution is -0.117. The third-order valence-corrected chi connectivity index (χ3v) is 17.9. The van der Waals surface area contributed by atoms with Gasteiger partial charge in [-0.3, -0.25) is 14.4 Å². The highest BCUT2D eigenvalue weighted by Crippen LogP contribution is 2.36. The summed E-state index contributed by atoms with van der Waals surface area (Å²) in [6.07, 6.45) is 23.7. The molecule has 0 unspecified atom stereocenters. The van der Waals surface area contributed by atoms with Crippen molar-refractivity contribution < 1.29 is 39.6 Å². The molecule has 9 nitrogen and oxygen atoms in total. The molecule has 0 N–H and O–H groups in total. The maximum absolute atomic E-state index is 12.6. The number of sulfone groups is 3. The SMILES string of the molecule is C.C.C.C.CC(C)C(=O)/C(=C/C1CCCC1)c1ccc(S(C)(=O)=O)c(Cl)c1.CC(C)C(=O)/C(=C/C1CCCC1)c1ccc(S(C)(=O)=O)cc1.CC(C)C(=O)/C(=C/C1CCCC1)c1ccc(S(C)(=O)=O)s1. The molecule has 0 aliphatic heterocycles. The number of rotatable bonds is 15. The Hall–Kier alpha value is -3.49. The van der Waals surface area contributed by atoms with Crippen molar-refractivity contribution in [2.75, 3.05) is 18.8 Å². The summed E-state index contributed by atoms with van der Waals surface area (Å²) in [5.74, 6) is 1.36. The second-order valence-corrected chi connectivity index (χ2v) is 26.8. The van der Waals surface area contributed by atoms with E-state index in [9.17, 15) is 39.6 Å². The van der Waals surface area contributed by atoms with E-state index >= 15 is 0 Å². The predicted octanol–water partition coefficient (Wildman–Crippen LogP) is 14.9. The lowest BCUT2D eigenvalue weighted by Gasteiger charge is -2.14. The number of carbonyl (C=O) groups is 3. The van der Waals surface area contributed by atoms with Crippen LogP contribution in [0.3, 0.4) is 0 Å². The summed E-state index contributed by atoms with van der Waals surface area (Å²) in [6.45, 7) is 11.3. The number of Topliss-reactive ketones (excluding diaryl/α,β-unsaturated/α-hetero) is 3. The van der Waals surface area contributed by atoms with E-state index < -0.39 is 29.5 Å².